The monoisotopic (exact) mass is 420 g/mol. The number of fused-ring (bicyclic) bond motifs is 1. The van der Waals surface area contributed by atoms with Crippen molar-refractivity contribution in [3.8, 4) is 0 Å². The highest BCUT2D eigenvalue weighted by molar-refractivity contribution is 5.53. The van der Waals surface area contributed by atoms with Gasteiger partial charge in [-0.05, 0) is 55.2 Å². The first kappa shape index (κ1) is 20.1. The molecule has 0 amide bonds. The number of hydrogen-bond donors (Lipinski definition) is 0. The van der Waals surface area contributed by atoms with Crippen molar-refractivity contribution < 1.29 is 4.39 Å². The fourth-order valence-corrected chi connectivity index (χ4v) is 5.03. The van der Waals surface area contributed by atoms with E-state index in [0.717, 1.165) is 75.6 Å². The fraction of sp³-hybridized carbons (Fsp3) is 0.458. The molecular formula is C24H29FN6. The van der Waals surface area contributed by atoms with Crippen LogP contribution in [-0.4, -0.2) is 56.9 Å². The summed E-state index contributed by atoms with van der Waals surface area (Å²) >= 11 is 0. The number of aromatic nitrogens is 4. The number of rotatable bonds is 4. The van der Waals surface area contributed by atoms with Crippen LogP contribution in [0.25, 0.3) is 0 Å². The molecule has 5 rings (SSSR count). The van der Waals surface area contributed by atoms with Gasteiger partial charge in [0.05, 0.1) is 0 Å². The molecule has 0 N–H and O–H groups in total. The number of piperidine rings is 1. The van der Waals surface area contributed by atoms with E-state index >= 15 is 0 Å². The van der Waals surface area contributed by atoms with Gasteiger partial charge in [-0.2, -0.15) is 0 Å². The van der Waals surface area contributed by atoms with Crippen LogP contribution in [-0.2, 0) is 19.4 Å². The Hall–Kier alpha value is -2.80. The highest BCUT2D eigenvalue weighted by Gasteiger charge is 2.28. The molecular weight excluding hydrogens is 391 g/mol. The lowest BCUT2D eigenvalue weighted by Gasteiger charge is -2.39. The molecule has 0 radical (unpaired) electrons. The zero-order chi connectivity index (χ0) is 21.2. The average molecular weight is 421 g/mol. The Kier molecular flexibility index (Phi) is 5.68. The zero-order valence-corrected chi connectivity index (χ0v) is 18.0. The molecule has 1 aromatic carbocycles. The van der Waals surface area contributed by atoms with Gasteiger partial charge in [-0.3, -0.25) is 9.88 Å². The smallest absolute Gasteiger partial charge is 0.137 e. The van der Waals surface area contributed by atoms with Crippen LogP contribution in [0.15, 0.2) is 42.7 Å². The number of anilines is 1. The van der Waals surface area contributed by atoms with Gasteiger partial charge in [0, 0.05) is 69.7 Å². The van der Waals surface area contributed by atoms with Crippen molar-refractivity contribution in [3.63, 3.8) is 0 Å². The van der Waals surface area contributed by atoms with Gasteiger partial charge in [0.25, 0.3) is 0 Å². The Morgan fingerprint density at radius 2 is 1.90 bits per heavy atom. The second-order valence-electron chi connectivity index (χ2n) is 8.66. The van der Waals surface area contributed by atoms with Crippen molar-refractivity contribution in [2.24, 2.45) is 0 Å². The van der Waals surface area contributed by atoms with Gasteiger partial charge in [-0.25, -0.2) is 4.39 Å². The molecule has 162 valence electrons. The third-order valence-electron chi connectivity index (χ3n) is 6.70. The van der Waals surface area contributed by atoms with E-state index in [1.165, 1.54) is 11.3 Å². The van der Waals surface area contributed by atoms with E-state index in [4.69, 9.17) is 0 Å². The molecule has 3 aromatic rings. The maximum atomic E-state index is 13.5. The molecule has 7 heteroatoms. The molecule has 0 bridgehead atoms. The molecule has 0 unspecified atom stereocenters. The maximum absolute atomic E-state index is 13.5. The third-order valence-corrected chi connectivity index (χ3v) is 6.70. The second kappa shape index (κ2) is 8.75. The van der Waals surface area contributed by atoms with Gasteiger partial charge in [-0.15, -0.1) is 10.2 Å². The largest absolute Gasteiger partial charge is 0.371 e. The van der Waals surface area contributed by atoms with Crippen LogP contribution in [0.2, 0.25) is 0 Å². The lowest BCUT2D eigenvalue weighted by Crippen LogP contribution is -2.46. The highest BCUT2D eigenvalue weighted by atomic mass is 19.1. The maximum Gasteiger partial charge on any atom is 0.137 e. The summed E-state index contributed by atoms with van der Waals surface area (Å²) in [7, 11) is 0. The summed E-state index contributed by atoms with van der Waals surface area (Å²) < 4.78 is 15.8. The van der Waals surface area contributed by atoms with Crippen molar-refractivity contribution in [1.29, 1.82) is 0 Å². The Bertz CT molecular complexity index is 1030. The Labute approximate surface area is 182 Å². The predicted octanol–water partition coefficient (Wildman–Crippen LogP) is 3.24. The third kappa shape index (κ3) is 4.32. The molecule has 2 aromatic heterocycles. The molecule has 1 fully saturated rings. The number of hydrogen-bond acceptors (Lipinski definition) is 5. The van der Waals surface area contributed by atoms with Crippen molar-refractivity contribution in [2.45, 2.75) is 45.2 Å². The minimum absolute atomic E-state index is 0.157. The zero-order valence-electron chi connectivity index (χ0n) is 18.0. The second-order valence-corrected chi connectivity index (χ2v) is 8.66. The molecule has 0 aliphatic carbocycles. The SMILES string of the molecule is Cc1cc(F)ccc1N1CCC(N2CCc3nnc(Cc4cccnc4)n3CC2)CC1. The quantitative estimate of drug-likeness (QED) is 0.649. The van der Waals surface area contributed by atoms with E-state index in [1.807, 2.05) is 25.3 Å². The highest BCUT2D eigenvalue weighted by Crippen LogP contribution is 2.27. The van der Waals surface area contributed by atoms with E-state index in [0.29, 0.717) is 6.04 Å². The minimum Gasteiger partial charge on any atom is -0.371 e. The minimum atomic E-state index is -0.157. The lowest BCUT2D eigenvalue weighted by molar-refractivity contribution is 0.172. The van der Waals surface area contributed by atoms with E-state index < -0.39 is 0 Å². The summed E-state index contributed by atoms with van der Waals surface area (Å²) in [4.78, 5) is 9.26. The van der Waals surface area contributed by atoms with Crippen molar-refractivity contribution in [2.75, 3.05) is 31.1 Å². The van der Waals surface area contributed by atoms with Gasteiger partial charge in [0.1, 0.15) is 17.5 Å². The van der Waals surface area contributed by atoms with Crippen LogP contribution in [0.3, 0.4) is 0 Å². The Morgan fingerprint density at radius 1 is 1.03 bits per heavy atom. The van der Waals surface area contributed by atoms with Crippen LogP contribution in [0.5, 0.6) is 0 Å². The van der Waals surface area contributed by atoms with E-state index in [1.54, 1.807) is 18.3 Å². The summed E-state index contributed by atoms with van der Waals surface area (Å²) in [6.45, 7) is 7.04. The van der Waals surface area contributed by atoms with Crippen LogP contribution < -0.4 is 4.90 Å². The van der Waals surface area contributed by atoms with Crippen molar-refractivity contribution in [1.82, 2.24) is 24.6 Å². The van der Waals surface area contributed by atoms with Crippen LogP contribution in [0.4, 0.5) is 10.1 Å². The first-order chi connectivity index (χ1) is 15.2. The topological polar surface area (TPSA) is 50.1 Å². The molecule has 2 aliphatic rings. The van der Waals surface area contributed by atoms with Crippen LogP contribution in [0, 0.1) is 12.7 Å². The number of nitrogens with zero attached hydrogens (tertiary/aromatic N) is 6. The summed E-state index contributed by atoms with van der Waals surface area (Å²) in [5, 5.41) is 8.95. The number of halogens is 1. The van der Waals surface area contributed by atoms with Gasteiger partial charge in [-0.1, -0.05) is 6.07 Å². The Balaban J connectivity index is 1.20. The van der Waals surface area contributed by atoms with Gasteiger partial charge < -0.3 is 9.47 Å². The fourth-order valence-electron chi connectivity index (χ4n) is 5.03. The van der Waals surface area contributed by atoms with Crippen molar-refractivity contribution >= 4 is 5.69 Å². The average Bonchev–Trinajstić information content (AvgIpc) is 3.03. The molecule has 0 atom stereocenters. The molecule has 1 saturated heterocycles. The van der Waals surface area contributed by atoms with E-state index in [9.17, 15) is 4.39 Å². The molecule has 0 saturated carbocycles. The number of aryl methyl sites for hydroxylation is 1. The van der Waals surface area contributed by atoms with Gasteiger partial charge >= 0.3 is 0 Å². The predicted molar refractivity (Wildman–Crippen MR) is 119 cm³/mol. The molecule has 6 nitrogen and oxygen atoms in total. The molecule has 4 heterocycles. The molecule has 2 aliphatic heterocycles. The summed E-state index contributed by atoms with van der Waals surface area (Å²) in [5.74, 6) is 1.97. The number of benzene rings is 1. The Morgan fingerprint density at radius 3 is 2.68 bits per heavy atom. The van der Waals surface area contributed by atoms with Crippen LogP contribution >= 0.6 is 0 Å². The van der Waals surface area contributed by atoms with E-state index in [-0.39, 0.29) is 5.82 Å². The van der Waals surface area contributed by atoms with E-state index in [2.05, 4.69) is 35.6 Å². The standard InChI is InChI=1S/C24H29FN6/c1-18-15-20(25)4-5-22(18)30-10-6-21(7-11-30)29-12-8-23-27-28-24(31(23)14-13-29)16-19-3-2-9-26-17-19/h2-5,9,15,17,21H,6-8,10-14,16H2,1H3. The van der Waals surface area contributed by atoms with Gasteiger partial charge in [0.2, 0.25) is 0 Å². The van der Waals surface area contributed by atoms with Gasteiger partial charge in [0.15, 0.2) is 0 Å². The summed E-state index contributed by atoms with van der Waals surface area (Å²) in [6, 6.07) is 9.78. The normalized spacial score (nSPS) is 18.1. The number of pyridine rings is 1. The molecule has 0 spiro atoms. The molecule has 31 heavy (non-hydrogen) atoms. The van der Waals surface area contributed by atoms with Crippen molar-refractivity contribution in [3.05, 3.63) is 71.3 Å². The summed E-state index contributed by atoms with van der Waals surface area (Å²) in [6.07, 6.45) is 7.70. The van der Waals surface area contributed by atoms with Crippen LogP contribution in [0.1, 0.15) is 35.6 Å². The lowest BCUT2D eigenvalue weighted by atomic mass is 10.0. The first-order valence-electron chi connectivity index (χ1n) is 11.2. The first-order valence-corrected chi connectivity index (χ1v) is 11.2. The summed E-state index contributed by atoms with van der Waals surface area (Å²) in [5.41, 5.74) is 3.36.